The van der Waals surface area contributed by atoms with Crippen LogP contribution in [-0.2, 0) is 16.0 Å². The second kappa shape index (κ2) is 8.08. The van der Waals surface area contributed by atoms with E-state index < -0.39 is 0 Å². The van der Waals surface area contributed by atoms with Crippen LogP contribution in [0.5, 0.6) is 0 Å². The molecule has 1 aromatic carbocycles. The van der Waals surface area contributed by atoms with E-state index in [0.717, 1.165) is 18.7 Å². The van der Waals surface area contributed by atoms with Crippen molar-refractivity contribution in [3.05, 3.63) is 35.6 Å². The zero-order valence-electron chi connectivity index (χ0n) is 15.1. The topological polar surface area (TPSA) is 41.6 Å². The number of carbonyl (C=O) groups is 1. The highest BCUT2D eigenvalue weighted by molar-refractivity contribution is 5.76. The number of hydrogen-bond donors (Lipinski definition) is 1. The highest BCUT2D eigenvalue weighted by Crippen LogP contribution is 2.20. The smallest absolute Gasteiger partial charge is 0.220 e. The number of aryl methyl sites for hydroxylation is 1. The normalized spacial score (nSPS) is 22.4. The predicted molar refractivity (Wildman–Crippen MR) is 93.4 cm³/mol. The summed E-state index contributed by atoms with van der Waals surface area (Å²) in [5.41, 5.74) is 0.860. The van der Waals surface area contributed by atoms with Gasteiger partial charge in [0.05, 0.1) is 12.2 Å². The molecule has 1 heterocycles. The molecule has 1 aromatic rings. The van der Waals surface area contributed by atoms with Gasteiger partial charge >= 0.3 is 0 Å². The minimum absolute atomic E-state index is 0.0294. The van der Waals surface area contributed by atoms with E-state index in [4.69, 9.17) is 4.74 Å². The number of morpholine rings is 1. The summed E-state index contributed by atoms with van der Waals surface area (Å²) in [4.78, 5) is 14.5. The highest BCUT2D eigenvalue weighted by Gasteiger charge is 2.33. The summed E-state index contributed by atoms with van der Waals surface area (Å²) < 4.78 is 18.7. The van der Waals surface area contributed by atoms with Gasteiger partial charge < -0.3 is 10.1 Å². The molecule has 0 radical (unpaired) electrons. The number of ether oxygens (including phenoxy) is 1. The summed E-state index contributed by atoms with van der Waals surface area (Å²) in [6.45, 7) is 10.8. The average molecular weight is 336 g/mol. The molecule has 0 aromatic heterocycles. The number of halogens is 1. The Morgan fingerprint density at radius 3 is 2.42 bits per heavy atom. The van der Waals surface area contributed by atoms with Gasteiger partial charge in [0.1, 0.15) is 5.82 Å². The monoisotopic (exact) mass is 336 g/mol. The standard InChI is InChI=1S/C19H29FN2O2/c1-14-11-22(12-15(2)24-14)19(3,4)13-21-18(23)10-7-16-5-8-17(20)9-6-16/h5-6,8-9,14-15H,7,10-13H2,1-4H3,(H,21,23)/t14-,15-/m0/s1. The Morgan fingerprint density at radius 1 is 1.25 bits per heavy atom. The summed E-state index contributed by atoms with van der Waals surface area (Å²) in [5, 5.41) is 3.04. The van der Waals surface area contributed by atoms with Gasteiger partial charge in [0.15, 0.2) is 0 Å². The Morgan fingerprint density at radius 2 is 1.83 bits per heavy atom. The summed E-state index contributed by atoms with van der Waals surface area (Å²) in [6.07, 6.45) is 1.46. The molecule has 1 aliphatic heterocycles. The molecule has 0 aliphatic carbocycles. The van der Waals surface area contributed by atoms with Crippen molar-refractivity contribution in [2.24, 2.45) is 0 Å². The number of benzene rings is 1. The minimum atomic E-state index is -0.251. The van der Waals surface area contributed by atoms with Gasteiger partial charge in [-0.2, -0.15) is 0 Å². The molecular weight excluding hydrogens is 307 g/mol. The second-order valence-corrected chi connectivity index (χ2v) is 7.38. The zero-order valence-corrected chi connectivity index (χ0v) is 15.1. The van der Waals surface area contributed by atoms with Crippen molar-refractivity contribution in [2.45, 2.75) is 58.3 Å². The number of carbonyl (C=O) groups excluding carboxylic acids is 1. The van der Waals surface area contributed by atoms with Gasteiger partial charge in [0.25, 0.3) is 0 Å². The largest absolute Gasteiger partial charge is 0.373 e. The first-order chi connectivity index (χ1) is 11.3. The maximum atomic E-state index is 12.9. The van der Waals surface area contributed by atoms with Crippen LogP contribution in [0.3, 0.4) is 0 Å². The Balaban J connectivity index is 1.78. The highest BCUT2D eigenvalue weighted by atomic mass is 19.1. The fourth-order valence-electron chi connectivity index (χ4n) is 3.10. The molecule has 2 rings (SSSR count). The summed E-state index contributed by atoms with van der Waals surface area (Å²) in [7, 11) is 0. The van der Waals surface area contributed by atoms with Crippen molar-refractivity contribution in [2.75, 3.05) is 19.6 Å². The summed E-state index contributed by atoms with van der Waals surface area (Å²) >= 11 is 0. The first kappa shape index (κ1) is 18.9. The van der Waals surface area contributed by atoms with E-state index in [1.165, 1.54) is 12.1 Å². The molecule has 1 fully saturated rings. The molecule has 0 spiro atoms. The average Bonchev–Trinajstić information content (AvgIpc) is 2.51. The first-order valence-corrected chi connectivity index (χ1v) is 8.68. The lowest BCUT2D eigenvalue weighted by atomic mass is 10.00. The van der Waals surface area contributed by atoms with E-state index in [2.05, 4.69) is 37.9 Å². The molecule has 1 aliphatic rings. The molecule has 0 bridgehead atoms. The van der Waals surface area contributed by atoms with Crippen LogP contribution in [0.2, 0.25) is 0 Å². The quantitative estimate of drug-likeness (QED) is 0.868. The lowest BCUT2D eigenvalue weighted by Crippen LogP contribution is -2.58. The number of rotatable bonds is 6. The molecule has 24 heavy (non-hydrogen) atoms. The zero-order chi connectivity index (χ0) is 17.7. The van der Waals surface area contributed by atoms with E-state index >= 15 is 0 Å². The molecule has 1 saturated heterocycles. The van der Waals surface area contributed by atoms with Gasteiger partial charge in [0.2, 0.25) is 5.91 Å². The van der Waals surface area contributed by atoms with Crippen molar-refractivity contribution in [1.29, 1.82) is 0 Å². The first-order valence-electron chi connectivity index (χ1n) is 8.68. The summed E-state index contributed by atoms with van der Waals surface area (Å²) in [6, 6.07) is 6.31. The SMILES string of the molecule is C[C@H]1CN(C(C)(C)CNC(=O)CCc2ccc(F)cc2)C[C@H](C)O1. The lowest BCUT2D eigenvalue weighted by molar-refractivity contribution is -0.122. The van der Waals surface area contributed by atoms with Gasteiger partial charge in [-0.25, -0.2) is 4.39 Å². The van der Waals surface area contributed by atoms with Crippen LogP contribution in [-0.4, -0.2) is 48.2 Å². The van der Waals surface area contributed by atoms with Gasteiger partial charge in [-0.3, -0.25) is 9.69 Å². The molecule has 1 amide bonds. The minimum Gasteiger partial charge on any atom is -0.373 e. The third-order valence-corrected chi connectivity index (χ3v) is 4.55. The third kappa shape index (κ3) is 5.56. The van der Waals surface area contributed by atoms with E-state index in [1.807, 2.05) is 0 Å². The van der Waals surface area contributed by atoms with Crippen LogP contribution < -0.4 is 5.32 Å². The van der Waals surface area contributed by atoms with E-state index in [9.17, 15) is 9.18 Å². The molecule has 134 valence electrons. The van der Waals surface area contributed by atoms with Gasteiger partial charge in [-0.1, -0.05) is 12.1 Å². The number of hydrogen-bond acceptors (Lipinski definition) is 3. The molecule has 0 saturated carbocycles. The molecule has 0 unspecified atom stereocenters. The van der Waals surface area contributed by atoms with Crippen LogP contribution in [0.15, 0.2) is 24.3 Å². The Bertz CT molecular complexity index is 535. The predicted octanol–water partition coefficient (Wildman–Crippen LogP) is 2.76. The van der Waals surface area contributed by atoms with Gasteiger partial charge in [-0.05, 0) is 51.8 Å². The van der Waals surface area contributed by atoms with Crippen molar-refractivity contribution in [3.63, 3.8) is 0 Å². The molecule has 4 nitrogen and oxygen atoms in total. The molecule has 5 heteroatoms. The van der Waals surface area contributed by atoms with E-state index in [-0.39, 0.29) is 29.5 Å². The number of nitrogens with zero attached hydrogens (tertiary/aromatic N) is 1. The third-order valence-electron chi connectivity index (χ3n) is 4.55. The Labute approximate surface area is 144 Å². The van der Waals surface area contributed by atoms with E-state index in [0.29, 0.717) is 19.4 Å². The fraction of sp³-hybridized carbons (Fsp3) is 0.632. The van der Waals surface area contributed by atoms with Crippen LogP contribution in [0, 0.1) is 5.82 Å². The second-order valence-electron chi connectivity index (χ2n) is 7.38. The van der Waals surface area contributed by atoms with Crippen LogP contribution in [0.25, 0.3) is 0 Å². The van der Waals surface area contributed by atoms with Gasteiger partial charge in [-0.15, -0.1) is 0 Å². The number of nitrogens with one attached hydrogen (secondary N) is 1. The van der Waals surface area contributed by atoms with Crippen molar-refractivity contribution in [3.8, 4) is 0 Å². The maximum absolute atomic E-state index is 12.9. The molecule has 1 N–H and O–H groups in total. The van der Waals surface area contributed by atoms with E-state index in [1.54, 1.807) is 12.1 Å². The van der Waals surface area contributed by atoms with Gasteiger partial charge in [0, 0.05) is 31.6 Å². The molecular formula is C19H29FN2O2. The fourth-order valence-corrected chi connectivity index (χ4v) is 3.10. The van der Waals surface area contributed by atoms with Crippen LogP contribution in [0.4, 0.5) is 4.39 Å². The molecule has 2 atom stereocenters. The van der Waals surface area contributed by atoms with Crippen molar-refractivity contribution in [1.82, 2.24) is 10.2 Å². The Hall–Kier alpha value is -1.46. The number of amides is 1. The maximum Gasteiger partial charge on any atom is 0.220 e. The van der Waals surface area contributed by atoms with Crippen molar-refractivity contribution >= 4 is 5.91 Å². The van der Waals surface area contributed by atoms with Crippen LogP contribution in [0.1, 0.15) is 39.7 Å². The summed E-state index contributed by atoms with van der Waals surface area (Å²) in [5.74, 6) is -0.222. The lowest BCUT2D eigenvalue weighted by Gasteiger charge is -2.45. The Kier molecular flexibility index (Phi) is 6.35. The van der Waals surface area contributed by atoms with Crippen molar-refractivity contribution < 1.29 is 13.9 Å². The van der Waals surface area contributed by atoms with Crippen LogP contribution >= 0.6 is 0 Å².